The van der Waals surface area contributed by atoms with Crippen LogP contribution in [0.2, 0.25) is 0 Å². The largest absolute Gasteiger partial charge is 0.493 e. The minimum absolute atomic E-state index is 0.0214. The summed E-state index contributed by atoms with van der Waals surface area (Å²) in [6.07, 6.45) is 6.12. The third kappa shape index (κ3) is 3.31. The normalized spacial score (nSPS) is 19.7. The number of nitrogens with one attached hydrogen (secondary N) is 1. The van der Waals surface area contributed by atoms with Gasteiger partial charge in [-0.2, -0.15) is 0 Å². The Hall–Kier alpha value is -2.56. The second kappa shape index (κ2) is 7.13. The highest BCUT2D eigenvalue weighted by molar-refractivity contribution is 5.99. The van der Waals surface area contributed by atoms with Gasteiger partial charge >= 0.3 is 0 Å². The van der Waals surface area contributed by atoms with Crippen molar-refractivity contribution >= 4 is 11.7 Å². The van der Waals surface area contributed by atoms with Crippen LogP contribution in [-0.4, -0.2) is 30.6 Å². The van der Waals surface area contributed by atoms with E-state index in [9.17, 15) is 4.79 Å². The number of fused-ring (bicyclic) bond motifs is 1. The predicted molar refractivity (Wildman–Crippen MR) is 97.1 cm³/mol. The van der Waals surface area contributed by atoms with Crippen LogP contribution in [0.4, 0.5) is 5.82 Å². The molecule has 0 spiro atoms. The van der Waals surface area contributed by atoms with Gasteiger partial charge in [0, 0.05) is 31.3 Å². The van der Waals surface area contributed by atoms with E-state index in [4.69, 9.17) is 4.74 Å². The molecule has 1 fully saturated rings. The molecule has 1 saturated heterocycles. The van der Waals surface area contributed by atoms with Crippen molar-refractivity contribution in [2.45, 2.75) is 31.7 Å². The number of aromatic nitrogens is 1. The number of ether oxygens (including phenoxy) is 1. The van der Waals surface area contributed by atoms with Gasteiger partial charge < -0.3 is 15.0 Å². The summed E-state index contributed by atoms with van der Waals surface area (Å²) in [6, 6.07) is 11.6. The minimum Gasteiger partial charge on any atom is -0.493 e. The van der Waals surface area contributed by atoms with Crippen molar-refractivity contribution < 1.29 is 9.53 Å². The summed E-state index contributed by atoms with van der Waals surface area (Å²) in [6.45, 7) is 2.56. The molecule has 0 aliphatic carbocycles. The number of hydrogen-bond acceptors (Lipinski definition) is 4. The van der Waals surface area contributed by atoms with Gasteiger partial charge in [-0.25, -0.2) is 4.98 Å². The van der Waals surface area contributed by atoms with Crippen LogP contribution in [0.1, 0.15) is 47.6 Å². The molecule has 2 aliphatic rings. The van der Waals surface area contributed by atoms with Crippen LogP contribution in [0.15, 0.2) is 42.6 Å². The lowest BCUT2D eigenvalue weighted by Gasteiger charge is -2.30. The summed E-state index contributed by atoms with van der Waals surface area (Å²) in [5.74, 6) is 1.61. The molecule has 1 aromatic heterocycles. The first-order chi connectivity index (χ1) is 12.3. The first-order valence-electron chi connectivity index (χ1n) is 9.05. The van der Waals surface area contributed by atoms with Gasteiger partial charge in [0.1, 0.15) is 11.6 Å². The smallest absolute Gasteiger partial charge is 0.255 e. The van der Waals surface area contributed by atoms with Crippen molar-refractivity contribution in [2.24, 2.45) is 0 Å². The Labute approximate surface area is 148 Å². The minimum atomic E-state index is -0.0598. The van der Waals surface area contributed by atoms with E-state index in [-0.39, 0.29) is 11.9 Å². The number of hydrogen-bond donors (Lipinski definition) is 1. The average Bonchev–Trinajstić information content (AvgIpc) is 2.69. The number of nitrogens with zero attached hydrogens (tertiary/aromatic N) is 2. The molecule has 1 aromatic carbocycles. The second-order valence-corrected chi connectivity index (χ2v) is 6.62. The first kappa shape index (κ1) is 15.9. The lowest BCUT2D eigenvalue weighted by atomic mass is 10.00. The SMILES string of the molecule is O=C(N[C@@H]1CCOc2ccccc21)c1cccnc1N1CCCCC1. The fourth-order valence-electron chi connectivity index (χ4n) is 3.66. The molecule has 25 heavy (non-hydrogen) atoms. The Morgan fingerprint density at radius 2 is 1.96 bits per heavy atom. The van der Waals surface area contributed by atoms with Crippen molar-refractivity contribution in [1.29, 1.82) is 0 Å². The maximum absolute atomic E-state index is 13.0. The maximum Gasteiger partial charge on any atom is 0.255 e. The van der Waals surface area contributed by atoms with Crippen molar-refractivity contribution in [3.63, 3.8) is 0 Å². The Balaban J connectivity index is 1.56. The van der Waals surface area contributed by atoms with Crippen molar-refractivity contribution in [3.05, 3.63) is 53.7 Å². The van der Waals surface area contributed by atoms with Gasteiger partial charge in [0.05, 0.1) is 18.2 Å². The van der Waals surface area contributed by atoms with E-state index < -0.39 is 0 Å². The zero-order chi connectivity index (χ0) is 17.1. The molecule has 3 heterocycles. The van der Waals surface area contributed by atoms with E-state index in [0.29, 0.717) is 12.2 Å². The number of rotatable bonds is 3. The van der Waals surface area contributed by atoms with Gasteiger partial charge in [-0.05, 0) is 37.5 Å². The quantitative estimate of drug-likeness (QED) is 0.933. The summed E-state index contributed by atoms with van der Waals surface area (Å²) in [5, 5.41) is 3.19. The molecule has 0 saturated carbocycles. The second-order valence-electron chi connectivity index (χ2n) is 6.62. The average molecular weight is 337 g/mol. The van der Waals surface area contributed by atoms with E-state index >= 15 is 0 Å². The fourth-order valence-corrected chi connectivity index (χ4v) is 3.66. The molecule has 5 heteroatoms. The zero-order valence-electron chi connectivity index (χ0n) is 14.3. The Kier molecular flexibility index (Phi) is 4.55. The molecule has 1 N–H and O–H groups in total. The molecule has 5 nitrogen and oxygen atoms in total. The monoisotopic (exact) mass is 337 g/mol. The third-order valence-electron chi connectivity index (χ3n) is 4.95. The number of anilines is 1. The highest BCUT2D eigenvalue weighted by Gasteiger charge is 2.25. The third-order valence-corrected chi connectivity index (χ3v) is 4.95. The van der Waals surface area contributed by atoms with E-state index in [1.165, 1.54) is 6.42 Å². The summed E-state index contributed by atoms with van der Waals surface area (Å²) in [7, 11) is 0. The van der Waals surface area contributed by atoms with Crippen LogP contribution in [0.5, 0.6) is 5.75 Å². The summed E-state index contributed by atoms with van der Waals surface area (Å²) >= 11 is 0. The number of para-hydroxylation sites is 1. The van der Waals surface area contributed by atoms with Gasteiger partial charge in [-0.1, -0.05) is 18.2 Å². The summed E-state index contributed by atoms with van der Waals surface area (Å²) in [4.78, 5) is 19.7. The molecule has 0 radical (unpaired) electrons. The number of piperidine rings is 1. The standard InChI is InChI=1S/C20H23N3O2/c24-20(22-17-10-14-25-18-9-3-2-7-15(17)18)16-8-6-11-21-19(16)23-12-4-1-5-13-23/h2-3,6-9,11,17H,1,4-5,10,12-14H2,(H,22,24)/t17-/m1/s1. The lowest BCUT2D eigenvalue weighted by molar-refractivity contribution is 0.0925. The Morgan fingerprint density at radius 1 is 1.12 bits per heavy atom. The van der Waals surface area contributed by atoms with Crippen LogP contribution < -0.4 is 15.0 Å². The van der Waals surface area contributed by atoms with Crippen molar-refractivity contribution in [3.8, 4) is 5.75 Å². The first-order valence-corrected chi connectivity index (χ1v) is 9.05. The molecule has 0 unspecified atom stereocenters. The van der Waals surface area contributed by atoms with Gasteiger partial charge in [0.15, 0.2) is 0 Å². The molecular formula is C20H23N3O2. The lowest BCUT2D eigenvalue weighted by Crippen LogP contribution is -2.35. The highest BCUT2D eigenvalue weighted by Crippen LogP contribution is 2.32. The molecule has 1 amide bonds. The van der Waals surface area contributed by atoms with E-state index in [1.807, 2.05) is 36.4 Å². The van der Waals surface area contributed by atoms with Crippen LogP contribution in [0, 0.1) is 0 Å². The van der Waals surface area contributed by atoms with E-state index in [2.05, 4.69) is 15.2 Å². The number of benzene rings is 1. The van der Waals surface area contributed by atoms with Crippen LogP contribution in [-0.2, 0) is 0 Å². The van der Waals surface area contributed by atoms with Crippen molar-refractivity contribution in [2.75, 3.05) is 24.6 Å². The van der Waals surface area contributed by atoms with Crippen LogP contribution in [0.25, 0.3) is 0 Å². The molecule has 2 aromatic rings. The number of pyridine rings is 1. The van der Waals surface area contributed by atoms with Gasteiger partial charge in [0.2, 0.25) is 0 Å². The van der Waals surface area contributed by atoms with Gasteiger partial charge in [-0.3, -0.25) is 4.79 Å². The highest BCUT2D eigenvalue weighted by atomic mass is 16.5. The Bertz CT molecular complexity index is 756. The number of amides is 1. The van der Waals surface area contributed by atoms with Gasteiger partial charge in [-0.15, -0.1) is 0 Å². The molecule has 130 valence electrons. The molecule has 2 aliphatic heterocycles. The zero-order valence-corrected chi connectivity index (χ0v) is 14.3. The fraction of sp³-hybridized carbons (Fsp3) is 0.400. The van der Waals surface area contributed by atoms with Gasteiger partial charge in [0.25, 0.3) is 5.91 Å². The molecular weight excluding hydrogens is 314 g/mol. The maximum atomic E-state index is 13.0. The predicted octanol–water partition coefficient (Wildman–Crippen LogP) is 3.33. The van der Waals surface area contributed by atoms with Crippen LogP contribution in [0.3, 0.4) is 0 Å². The van der Waals surface area contributed by atoms with Crippen LogP contribution >= 0.6 is 0 Å². The topological polar surface area (TPSA) is 54.5 Å². The number of carbonyl (C=O) groups excluding carboxylic acids is 1. The van der Waals surface area contributed by atoms with E-state index in [0.717, 1.165) is 49.5 Å². The molecule has 0 bridgehead atoms. The summed E-state index contributed by atoms with van der Waals surface area (Å²) in [5.41, 5.74) is 1.71. The molecule has 1 atom stereocenters. The Morgan fingerprint density at radius 3 is 2.84 bits per heavy atom. The number of carbonyl (C=O) groups is 1. The summed E-state index contributed by atoms with van der Waals surface area (Å²) < 4.78 is 5.69. The molecule has 4 rings (SSSR count). The van der Waals surface area contributed by atoms with Crippen molar-refractivity contribution in [1.82, 2.24) is 10.3 Å². The van der Waals surface area contributed by atoms with E-state index in [1.54, 1.807) is 6.20 Å².